The monoisotopic (exact) mass is 155 g/mol. The molecule has 1 aliphatic carbocycles. The maximum Gasteiger partial charge on any atom is 0.0729 e. The summed E-state index contributed by atoms with van der Waals surface area (Å²) in [5, 5.41) is 0. The van der Waals surface area contributed by atoms with Gasteiger partial charge < -0.3 is 10.5 Å². The van der Waals surface area contributed by atoms with Crippen LogP contribution in [0.5, 0.6) is 0 Å². The molecule has 1 saturated heterocycles. The Kier molecular flexibility index (Phi) is 1.69. The van der Waals surface area contributed by atoms with Crippen LogP contribution in [-0.4, -0.2) is 18.2 Å². The summed E-state index contributed by atoms with van der Waals surface area (Å²) in [5.41, 5.74) is 6.31. The van der Waals surface area contributed by atoms with Crippen LogP contribution in [0.3, 0.4) is 0 Å². The molecule has 0 aromatic rings. The van der Waals surface area contributed by atoms with Crippen LogP contribution >= 0.6 is 0 Å². The van der Waals surface area contributed by atoms with E-state index in [4.69, 9.17) is 10.5 Å². The van der Waals surface area contributed by atoms with Crippen LogP contribution in [0, 0.1) is 5.92 Å². The molecule has 1 heterocycles. The molecule has 0 amide bonds. The van der Waals surface area contributed by atoms with Gasteiger partial charge in [-0.05, 0) is 32.1 Å². The molecule has 0 bridgehead atoms. The van der Waals surface area contributed by atoms with E-state index >= 15 is 0 Å². The zero-order chi connectivity index (χ0) is 7.90. The van der Waals surface area contributed by atoms with Crippen LogP contribution in [0.1, 0.15) is 32.6 Å². The smallest absolute Gasteiger partial charge is 0.0729 e. The molecule has 2 heteroatoms. The summed E-state index contributed by atoms with van der Waals surface area (Å²) in [4.78, 5) is 0. The maximum absolute atomic E-state index is 6.28. The Morgan fingerprint density at radius 3 is 2.55 bits per heavy atom. The maximum atomic E-state index is 6.28. The molecule has 2 atom stereocenters. The molecule has 1 aliphatic heterocycles. The molecule has 0 spiro atoms. The van der Waals surface area contributed by atoms with E-state index in [1.54, 1.807) is 0 Å². The van der Waals surface area contributed by atoms with Crippen molar-refractivity contribution in [3.8, 4) is 0 Å². The van der Waals surface area contributed by atoms with Gasteiger partial charge in [0.25, 0.3) is 0 Å². The SMILES string of the molecule is CC1OCCC1(N)C1CCC1. The minimum Gasteiger partial charge on any atom is -0.377 e. The molecule has 2 fully saturated rings. The Hall–Kier alpha value is -0.0800. The third-order valence-electron chi connectivity index (χ3n) is 3.53. The average Bonchev–Trinajstić information content (AvgIpc) is 2.09. The van der Waals surface area contributed by atoms with Crippen LogP contribution in [0.15, 0.2) is 0 Å². The summed E-state index contributed by atoms with van der Waals surface area (Å²) in [6, 6.07) is 0. The number of nitrogens with two attached hydrogens (primary N) is 1. The fourth-order valence-corrected chi connectivity index (χ4v) is 2.25. The summed E-state index contributed by atoms with van der Waals surface area (Å²) >= 11 is 0. The van der Waals surface area contributed by atoms with Crippen molar-refractivity contribution < 1.29 is 4.74 Å². The van der Waals surface area contributed by atoms with E-state index in [2.05, 4.69) is 6.92 Å². The Morgan fingerprint density at radius 2 is 2.18 bits per heavy atom. The number of rotatable bonds is 1. The van der Waals surface area contributed by atoms with Crippen LogP contribution in [0.4, 0.5) is 0 Å². The Morgan fingerprint density at radius 1 is 1.45 bits per heavy atom. The normalized spacial score (nSPS) is 45.8. The topological polar surface area (TPSA) is 35.2 Å². The largest absolute Gasteiger partial charge is 0.377 e. The molecule has 0 aromatic carbocycles. The first-order valence-electron chi connectivity index (χ1n) is 4.64. The number of ether oxygens (including phenoxy) is 1. The summed E-state index contributed by atoms with van der Waals surface area (Å²) in [5.74, 6) is 0.750. The van der Waals surface area contributed by atoms with Gasteiger partial charge in [0.15, 0.2) is 0 Å². The lowest BCUT2D eigenvalue weighted by molar-refractivity contribution is 0.0533. The zero-order valence-corrected chi connectivity index (χ0v) is 7.18. The van der Waals surface area contributed by atoms with Gasteiger partial charge in [-0.15, -0.1) is 0 Å². The lowest BCUT2D eigenvalue weighted by Gasteiger charge is -2.41. The van der Waals surface area contributed by atoms with Crippen LogP contribution in [-0.2, 0) is 4.74 Å². The zero-order valence-electron chi connectivity index (χ0n) is 7.18. The fourth-order valence-electron chi connectivity index (χ4n) is 2.25. The van der Waals surface area contributed by atoms with Crippen molar-refractivity contribution in [2.45, 2.75) is 44.2 Å². The highest BCUT2D eigenvalue weighted by molar-refractivity contribution is 5.02. The molecule has 2 N–H and O–H groups in total. The van der Waals surface area contributed by atoms with Crippen molar-refractivity contribution in [2.75, 3.05) is 6.61 Å². The Balaban J connectivity index is 2.06. The number of hydrogen-bond acceptors (Lipinski definition) is 2. The van der Waals surface area contributed by atoms with Gasteiger partial charge in [-0.25, -0.2) is 0 Å². The second-order valence-electron chi connectivity index (χ2n) is 4.00. The van der Waals surface area contributed by atoms with E-state index in [0.717, 1.165) is 18.9 Å². The van der Waals surface area contributed by atoms with Crippen LogP contribution < -0.4 is 5.73 Å². The van der Waals surface area contributed by atoms with Crippen molar-refractivity contribution in [1.82, 2.24) is 0 Å². The summed E-state index contributed by atoms with van der Waals surface area (Å²) < 4.78 is 5.50. The van der Waals surface area contributed by atoms with E-state index in [0.29, 0.717) is 0 Å². The average molecular weight is 155 g/mol. The summed E-state index contributed by atoms with van der Waals surface area (Å²) in [7, 11) is 0. The summed E-state index contributed by atoms with van der Waals surface area (Å²) in [6.07, 6.45) is 5.37. The minimum absolute atomic E-state index is 0.0260. The fraction of sp³-hybridized carbons (Fsp3) is 1.00. The Bertz CT molecular complexity index is 156. The van der Waals surface area contributed by atoms with Crippen molar-refractivity contribution in [3.63, 3.8) is 0 Å². The predicted octanol–water partition coefficient (Wildman–Crippen LogP) is 1.29. The lowest BCUT2D eigenvalue weighted by Crippen LogP contribution is -2.54. The van der Waals surface area contributed by atoms with Crippen LogP contribution in [0.2, 0.25) is 0 Å². The highest BCUT2D eigenvalue weighted by Crippen LogP contribution is 2.41. The van der Waals surface area contributed by atoms with Gasteiger partial charge in [-0.3, -0.25) is 0 Å². The van der Waals surface area contributed by atoms with Crippen molar-refractivity contribution in [3.05, 3.63) is 0 Å². The van der Waals surface area contributed by atoms with Gasteiger partial charge in [0.05, 0.1) is 6.10 Å². The molecular weight excluding hydrogens is 138 g/mol. The molecule has 2 nitrogen and oxygen atoms in total. The van der Waals surface area contributed by atoms with Crippen molar-refractivity contribution in [1.29, 1.82) is 0 Å². The predicted molar refractivity (Wildman–Crippen MR) is 44.3 cm³/mol. The molecule has 2 unspecified atom stereocenters. The van der Waals surface area contributed by atoms with Crippen molar-refractivity contribution in [2.24, 2.45) is 11.7 Å². The third kappa shape index (κ3) is 1.00. The minimum atomic E-state index is 0.0260. The van der Waals surface area contributed by atoms with Gasteiger partial charge in [0.2, 0.25) is 0 Å². The summed E-state index contributed by atoms with van der Waals surface area (Å²) in [6.45, 7) is 2.99. The molecule has 2 aliphatic rings. The third-order valence-corrected chi connectivity index (χ3v) is 3.53. The van der Waals surface area contributed by atoms with Gasteiger partial charge in [0, 0.05) is 12.1 Å². The number of hydrogen-bond donors (Lipinski definition) is 1. The lowest BCUT2D eigenvalue weighted by atomic mass is 9.68. The standard InChI is InChI=1S/C9H17NO/c1-7-9(10,5-6-11-7)8-3-2-4-8/h7-8H,2-6,10H2,1H3. The Labute approximate surface area is 68.1 Å². The molecule has 11 heavy (non-hydrogen) atoms. The van der Waals surface area contributed by atoms with E-state index in [9.17, 15) is 0 Å². The second kappa shape index (κ2) is 2.46. The first-order chi connectivity index (χ1) is 5.23. The van der Waals surface area contributed by atoms with Gasteiger partial charge >= 0.3 is 0 Å². The molecule has 2 rings (SSSR count). The van der Waals surface area contributed by atoms with Gasteiger partial charge in [-0.2, -0.15) is 0 Å². The van der Waals surface area contributed by atoms with E-state index in [1.165, 1.54) is 19.3 Å². The molecule has 0 aromatic heterocycles. The highest BCUT2D eigenvalue weighted by atomic mass is 16.5. The van der Waals surface area contributed by atoms with E-state index in [-0.39, 0.29) is 11.6 Å². The first kappa shape index (κ1) is 7.56. The molecule has 0 radical (unpaired) electrons. The van der Waals surface area contributed by atoms with Crippen molar-refractivity contribution >= 4 is 0 Å². The van der Waals surface area contributed by atoms with E-state index in [1.807, 2.05) is 0 Å². The van der Waals surface area contributed by atoms with E-state index < -0.39 is 0 Å². The highest BCUT2D eigenvalue weighted by Gasteiger charge is 2.46. The first-order valence-corrected chi connectivity index (χ1v) is 4.64. The quantitative estimate of drug-likeness (QED) is 0.619. The van der Waals surface area contributed by atoms with Crippen LogP contribution in [0.25, 0.3) is 0 Å². The van der Waals surface area contributed by atoms with Gasteiger partial charge in [0.1, 0.15) is 0 Å². The molecular formula is C9H17NO. The molecule has 1 saturated carbocycles. The molecule has 64 valence electrons. The van der Waals surface area contributed by atoms with Gasteiger partial charge in [-0.1, -0.05) is 6.42 Å². The second-order valence-corrected chi connectivity index (χ2v) is 4.00.